The Kier molecular flexibility index (Phi) is 3.72. The van der Waals surface area contributed by atoms with Gasteiger partial charge in [-0.3, -0.25) is 4.79 Å². The molecule has 5 rings (SSSR count). The van der Waals surface area contributed by atoms with Gasteiger partial charge >= 0.3 is 0 Å². The Morgan fingerprint density at radius 3 is 3.00 bits per heavy atom. The van der Waals surface area contributed by atoms with Gasteiger partial charge in [-0.15, -0.1) is 0 Å². The van der Waals surface area contributed by atoms with E-state index in [2.05, 4.69) is 20.2 Å². The summed E-state index contributed by atoms with van der Waals surface area (Å²) in [7, 11) is 0. The maximum Gasteiger partial charge on any atom is 0.287 e. The van der Waals surface area contributed by atoms with E-state index in [1.807, 2.05) is 6.92 Å². The molecule has 0 aromatic carbocycles. The molecule has 7 nitrogen and oxygen atoms in total. The van der Waals surface area contributed by atoms with Crippen molar-refractivity contribution in [3.8, 4) is 0 Å². The van der Waals surface area contributed by atoms with Gasteiger partial charge in [0.05, 0.1) is 36.9 Å². The van der Waals surface area contributed by atoms with Crippen molar-refractivity contribution in [1.82, 2.24) is 15.3 Å². The molecule has 27 heavy (non-hydrogen) atoms. The Morgan fingerprint density at radius 1 is 1.44 bits per heavy atom. The van der Waals surface area contributed by atoms with Gasteiger partial charge in [-0.05, 0) is 25.8 Å². The van der Waals surface area contributed by atoms with E-state index in [1.165, 1.54) is 18.7 Å². The van der Waals surface area contributed by atoms with Gasteiger partial charge in [0.1, 0.15) is 0 Å². The van der Waals surface area contributed by atoms with Crippen LogP contribution in [0.3, 0.4) is 0 Å². The summed E-state index contributed by atoms with van der Waals surface area (Å²) < 4.78 is 24.8. The number of carbonyl (C=O) groups excluding carboxylic acids is 1. The predicted molar refractivity (Wildman–Crippen MR) is 93.8 cm³/mol. The highest BCUT2D eigenvalue weighted by atomic mass is 19.1. The highest BCUT2D eigenvalue weighted by Gasteiger charge is 2.63. The van der Waals surface area contributed by atoms with E-state index in [1.54, 1.807) is 6.07 Å². The van der Waals surface area contributed by atoms with Crippen LogP contribution >= 0.6 is 0 Å². The predicted octanol–water partition coefficient (Wildman–Crippen LogP) is 1.93. The van der Waals surface area contributed by atoms with Crippen molar-refractivity contribution < 1.29 is 18.3 Å². The smallest absolute Gasteiger partial charge is 0.287 e. The number of nitrogens with zero attached hydrogens (tertiary/aromatic N) is 3. The molecule has 3 aliphatic rings. The van der Waals surface area contributed by atoms with Crippen LogP contribution in [-0.2, 0) is 4.74 Å². The maximum absolute atomic E-state index is 13.1. The minimum Gasteiger partial charge on any atom is -0.459 e. The average molecular weight is 372 g/mol. The van der Waals surface area contributed by atoms with Crippen molar-refractivity contribution in [3.63, 3.8) is 0 Å². The van der Waals surface area contributed by atoms with Crippen LogP contribution < -0.4 is 10.2 Å². The van der Waals surface area contributed by atoms with E-state index in [9.17, 15) is 9.18 Å². The van der Waals surface area contributed by atoms with E-state index in [0.29, 0.717) is 30.7 Å². The fourth-order valence-corrected chi connectivity index (χ4v) is 4.98. The average Bonchev–Trinajstić information content (AvgIpc) is 3.40. The molecule has 1 spiro atoms. The largest absolute Gasteiger partial charge is 0.459 e. The minimum atomic E-state index is -0.442. The number of amides is 1. The summed E-state index contributed by atoms with van der Waals surface area (Å²) in [6, 6.07) is 1.78. The van der Waals surface area contributed by atoms with Crippen LogP contribution in [0.15, 0.2) is 29.1 Å². The van der Waals surface area contributed by atoms with Crippen molar-refractivity contribution in [2.75, 3.05) is 24.5 Å². The fourth-order valence-electron chi connectivity index (χ4n) is 4.98. The summed E-state index contributed by atoms with van der Waals surface area (Å²) >= 11 is 0. The van der Waals surface area contributed by atoms with Gasteiger partial charge in [0.25, 0.3) is 5.91 Å². The molecule has 8 heteroatoms. The molecule has 3 fully saturated rings. The molecule has 0 radical (unpaired) electrons. The number of carbonyl (C=O) groups is 1. The van der Waals surface area contributed by atoms with Gasteiger partial charge in [0.2, 0.25) is 5.95 Å². The second-order valence-electron chi connectivity index (χ2n) is 7.75. The third-order valence-electron chi connectivity index (χ3n) is 6.24. The lowest BCUT2D eigenvalue weighted by Crippen LogP contribution is -2.41. The van der Waals surface area contributed by atoms with Gasteiger partial charge in [-0.25, -0.2) is 14.4 Å². The van der Waals surface area contributed by atoms with Crippen LogP contribution in [0.1, 0.15) is 29.0 Å². The van der Waals surface area contributed by atoms with Gasteiger partial charge in [-0.1, -0.05) is 0 Å². The monoisotopic (exact) mass is 372 g/mol. The molecular formula is C19H21FN4O3. The number of halogens is 1. The number of ether oxygens (including phenoxy) is 1. The first-order valence-electron chi connectivity index (χ1n) is 9.28. The standard InChI is InChI=1S/C19H21FN4O3/c1-11-3-5-26-16(11)17(25)21-8-13-14-9-24(18-22-6-12(20)7-23-18)10-19(14)4-2-15(13)27-19/h3,5-7,13-15H,2,4,8-10H2,1H3,(H,21,25)/t13-,14+,15+,19+/m0/s1. The first-order chi connectivity index (χ1) is 13.1. The summed E-state index contributed by atoms with van der Waals surface area (Å²) in [4.78, 5) is 22.7. The van der Waals surface area contributed by atoms with Crippen LogP contribution in [0.25, 0.3) is 0 Å². The Balaban J connectivity index is 1.30. The molecule has 4 atom stereocenters. The first kappa shape index (κ1) is 16.7. The van der Waals surface area contributed by atoms with Crippen molar-refractivity contribution >= 4 is 11.9 Å². The van der Waals surface area contributed by atoms with Crippen LogP contribution in [-0.4, -0.2) is 47.2 Å². The Bertz CT molecular complexity index is 870. The number of furan rings is 1. The summed E-state index contributed by atoms with van der Waals surface area (Å²) in [5, 5.41) is 3.01. The number of aryl methyl sites for hydroxylation is 1. The van der Waals surface area contributed by atoms with Crippen molar-refractivity contribution in [1.29, 1.82) is 0 Å². The third kappa shape index (κ3) is 2.62. The molecule has 1 amide bonds. The van der Waals surface area contributed by atoms with Crippen LogP contribution in [0.2, 0.25) is 0 Å². The molecule has 2 aromatic heterocycles. The number of rotatable bonds is 4. The molecule has 2 aromatic rings. The van der Waals surface area contributed by atoms with Crippen molar-refractivity contribution in [3.05, 3.63) is 41.9 Å². The Morgan fingerprint density at radius 2 is 2.26 bits per heavy atom. The molecule has 0 saturated carbocycles. The lowest BCUT2D eigenvalue weighted by atomic mass is 9.73. The topological polar surface area (TPSA) is 80.5 Å². The Labute approximate surface area is 155 Å². The van der Waals surface area contributed by atoms with E-state index in [4.69, 9.17) is 9.15 Å². The molecule has 0 aliphatic carbocycles. The van der Waals surface area contributed by atoms with Crippen LogP contribution in [0, 0.1) is 24.6 Å². The summed E-state index contributed by atoms with van der Waals surface area (Å²) in [6.07, 6.45) is 6.07. The molecule has 0 unspecified atom stereocenters. The van der Waals surface area contributed by atoms with E-state index in [-0.39, 0.29) is 23.5 Å². The van der Waals surface area contributed by atoms with Gasteiger partial charge in [0, 0.05) is 30.5 Å². The highest BCUT2D eigenvalue weighted by molar-refractivity contribution is 5.92. The van der Waals surface area contributed by atoms with E-state index < -0.39 is 5.82 Å². The maximum atomic E-state index is 13.1. The minimum absolute atomic E-state index is 0.171. The molecule has 2 bridgehead atoms. The number of nitrogens with one attached hydrogen (secondary N) is 1. The summed E-state index contributed by atoms with van der Waals surface area (Å²) in [6.45, 7) is 3.86. The zero-order valence-electron chi connectivity index (χ0n) is 15.0. The zero-order valence-corrected chi connectivity index (χ0v) is 15.0. The highest BCUT2D eigenvalue weighted by Crippen LogP contribution is 2.54. The molecule has 3 aliphatic heterocycles. The SMILES string of the molecule is Cc1ccoc1C(=O)NC[C@H]1[C@H]2CN(c3ncc(F)cn3)C[C@]23CC[C@H]1O3. The van der Waals surface area contributed by atoms with E-state index >= 15 is 0 Å². The van der Waals surface area contributed by atoms with Gasteiger partial charge in [0.15, 0.2) is 11.6 Å². The summed E-state index contributed by atoms with van der Waals surface area (Å²) in [5.74, 6) is 0.794. The lowest BCUT2D eigenvalue weighted by Gasteiger charge is -2.29. The Hall–Kier alpha value is -2.48. The second kappa shape index (κ2) is 6.02. The second-order valence-corrected chi connectivity index (χ2v) is 7.75. The van der Waals surface area contributed by atoms with E-state index in [0.717, 1.165) is 24.9 Å². The summed E-state index contributed by atoms with van der Waals surface area (Å²) in [5.41, 5.74) is 0.618. The normalized spacial score (nSPS) is 31.3. The van der Waals surface area contributed by atoms with Gasteiger partial charge < -0.3 is 19.4 Å². The third-order valence-corrected chi connectivity index (χ3v) is 6.24. The molecule has 3 saturated heterocycles. The first-order valence-corrected chi connectivity index (χ1v) is 9.28. The fraction of sp³-hybridized carbons (Fsp3) is 0.526. The molecule has 5 heterocycles. The number of anilines is 1. The number of hydrogen-bond acceptors (Lipinski definition) is 6. The van der Waals surface area contributed by atoms with Crippen LogP contribution in [0.4, 0.5) is 10.3 Å². The van der Waals surface area contributed by atoms with Crippen molar-refractivity contribution in [2.24, 2.45) is 11.8 Å². The van der Waals surface area contributed by atoms with Crippen LogP contribution in [0.5, 0.6) is 0 Å². The van der Waals surface area contributed by atoms with Gasteiger partial charge in [-0.2, -0.15) is 0 Å². The number of fused-ring (bicyclic) bond motifs is 1. The molecular weight excluding hydrogens is 351 g/mol. The molecule has 142 valence electrons. The lowest BCUT2D eigenvalue weighted by molar-refractivity contribution is 0.0141. The molecule has 1 N–H and O–H groups in total. The number of hydrogen-bond donors (Lipinski definition) is 1. The number of aromatic nitrogens is 2. The van der Waals surface area contributed by atoms with Crippen molar-refractivity contribution in [2.45, 2.75) is 31.5 Å². The zero-order chi connectivity index (χ0) is 18.6. The quantitative estimate of drug-likeness (QED) is 0.883.